The molecule has 1 atom stereocenters. The van der Waals surface area contributed by atoms with E-state index in [0.717, 1.165) is 11.3 Å². The molecule has 1 amide bonds. The summed E-state index contributed by atoms with van der Waals surface area (Å²) in [5.41, 5.74) is 2.20. The summed E-state index contributed by atoms with van der Waals surface area (Å²) in [5.74, 6) is -1.60. The van der Waals surface area contributed by atoms with Crippen molar-refractivity contribution in [3.8, 4) is 5.75 Å². The van der Waals surface area contributed by atoms with Gasteiger partial charge in [0.25, 0.3) is 11.7 Å². The molecule has 0 aromatic heterocycles. The van der Waals surface area contributed by atoms with Gasteiger partial charge in [0.1, 0.15) is 17.3 Å². The number of Topliss-reactive ketones (excluding diaryl/α,β-unsaturated/α-hetero) is 1. The predicted octanol–water partition coefficient (Wildman–Crippen LogP) is 5.04. The lowest BCUT2D eigenvalue weighted by Crippen LogP contribution is -2.29. The molecule has 160 valence electrons. The Morgan fingerprint density at radius 2 is 1.75 bits per heavy atom. The van der Waals surface area contributed by atoms with Gasteiger partial charge in [-0.3, -0.25) is 14.5 Å². The number of rotatable bonds is 3. The summed E-state index contributed by atoms with van der Waals surface area (Å²) < 4.78 is 19.1. The van der Waals surface area contributed by atoms with E-state index in [9.17, 15) is 19.1 Å². The summed E-state index contributed by atoms with van der Waals surface area (Å²) in [6.07, 6.45) is 0.691. The van der Waals surface area contributed by atoms with E-state index >= 15 is 0 Å². The fraction of sp³-hybridized carbons (Fsp3) is 0.120. The van der Waals surface area contributed by atoms with E-state index in [2.05, 4.69) is 0 Å². The zero-order valence-corrected chi connectivity index (χ0v) is 17.5. The Bertz CT molecular complexity index is 1270. The average Bonchev–Trinajstić information content (AvgIpc) is 3.37. The predicted molar refractivity (Wildman–Crippen MR) is 118 cm³/mol. The smallest absolute Gasteiger partial charge is 0.300 e. The highest BCUT2D eigenvalue weighted by Crippen LogP contribution is 2.42. The molecule has 1 fully saturated rings. The van der Waals surface area contributed by atoms with Crippen molar-refractivity contribution in [3.05, 3.63) is 99.8 Å². The molecule has 0 radical (unpaired) electrons. The van der Waals surface area contributed by atoms with E-state index in [1.807, 2.05) is 0 Å². The van der Waals surface area contributed by atoms with Crippen molar-refractivity contribution >= 4 is 34.7 Å². The van der Waals surface area contributed by atoms with E-state index in [1.54, 1.807) is 42.5 Å². The monoisotopic (exact) mass is 449 g/mol. The Morgan fingerprint density at radius 3 is 2.47 bits per heavy atom. The maximum atomic E-state index is 13.6. The number of benzene rings is 3. The number of aliphatic hydroxyl groups is 1. The van der Waals surface area contributed by atoms with Crippen LogP contribution >= 0.6 is 11.6 Å². The summed E-state index contributed by atoms with van der Waals surface area (Å²) in [7, 11) is 0. The van der Waals surface area contributed by atoms with Crippen LogP contribution in [0, 0.1) is 5.82 Å². The minimum absolute atomic E-state index is 0.0598. The number of hydrogen-bond acceptors (Lipinski definition) is 4. The molecule has 2 aliphatic rings. The molecule has 0 spiro atoms. The normalized spacial score (nSPS) is 19.2. The third kappa shape index (κ3) is 3.33. The molecule has 0 aliphatic carbocycles. The molecule has 0 bridgehead atoms. The molecule has 32 heavy (non-hydrogen) atoms. The maximum absolute atomic E-state index is 13.6. The fourth-order valence-electron chi connectivity index (χ4n) is 4.15. The summed E-state index contributed by atoms with van der Waals surface area (Å²) in [4.78, 5) is 27.5. The number of hydrogen-bond donors (Lipinski definition) is 1. The molecule has 7 heteroatoms. The molecule has 0 saturated carbocycles. The number of carbonyl (C=O) groups is 2. The summed E-state index contributed by atoms with van der Waals surface area (Å²) >= 11 is 5.99. The summed E-state index contributed by atoms with van der Waals surface area (Å²) in [5, 5.41) is 11.7. The molecular formula is C25H17ClFNO4. The Balaban J connectivity index is 1.70. The SMILES string of the molecule is O=C1C(=O)N(c2ccc(Cl)cc2)C(c2ccc(F)cc2)/C1=C(/O)c1ccc2c(c1)CCO2. The number of carbonyl (C=O) groups excluding carboxylic acids is 2. The van der Waals surface area contributed by atoms with Gasteiger partial charge < -0.3 is 9.84 Å². The molecule has 5 nitrogen and oxygen atoms in total. The molecule has 3 aromatic carbocycles. The lowest BCUT2D eigenvalue weighted by molar-refractivity contribution is -0.132. The highest BCUT2D eigenvalue weighted by Gasteiger charge is 2.47. The van der Waals surface area contributed by atoms with Crippen molar-refractivity contribution in [2.24, 2.45) is 0 Å². The highest BCUT2D eigenvalue weighted by molar-refractivity contribution is 6.51. The zero-order chi connectivity index (χ0) is 22.4. The molecule has 2 heterocycles. The molecule has 1 unspecified atom stereocenters. The van der Waals surface area contributed by atoms with Crippen molar-refractivity contribution in [3.63, 3.8) is 0 Å². The summed E-state index contributed by atoms with van der Waals surface area (Å²) in [6, 6.07) is 16.2. The third-order valence-corrected chi connectivity index (χ3v) is 5.95. The topological polar surface area (TPSA) is 66.8 Å². The second-order valence-electron chi connectivity index (χ2n) is 7.62. The fourth-order valence-corrected chi connectivity index (χ4v) is 4.28. The molecule has 5 rings (SSSR count). The number of aliphatic hydroxyl groups excluding tert-OH is 1. The van der Waals surface area contributed by atoms with Crippen LogP contribution in [0.25, 0.3) is 5.76 Å². The number of ketones is 1. The van der Waals surface area contributed by atoms with Gasteiger partial charge in [0.2, 0.25) is 0 Å². The van der Waals surface area contributed by atoms with Gasteiger partial charge in [-0.1, -0.05) is 23.7 Å². The quantitative estimate of drug-likeness (QED) is 0.345. The van der Waals surface area contributed by atoms with Gasteiger partial charge in [0, 0.05) is 22.7 Å². The van der Waals surface area contributed by atoms with Crippen LogP contribution in [-0.2, 0) is 16.0 Å². The number of ether oxygens (including phenoxy) is 1. The van der Waals surface area contributed by atoms with E-state index < -0.39 is 23.5 Å². The highest BCUT2D eigenvalue weighted by atomic mass is 35.5. The van der Waals surface area contributed by atoms with Crippen LogP contribution in [-0.4, -0.2) is 23.4 Å². The second-order valence-corrected chi connectivity index (χ2v) is 8.05. The first-order valence-corrected chi connectivity index (χ1v) is 10.4. The van der Waals surface area contributed by atoms with Gasteiger partial charge in [0.05, 0.1) is 18.2 Å². The molecule has 1 saturated heterocycles. The minimum Gasteiger partial charge on any atom is -0.507 e. The maximum Gasteiger partial charge on any atom is 0.300 e. The van der Waals surface area contributed by atoms with Gasteiger partial charge in [-0.25, -0.2) is 4.39 Å². The Hall–Kier alpha value is -3.64. The first-order valence-electron chi connectivity index (χ1n) is 10.0. The van der Waals surface area contributed by atoms with Gasteiger partial charge in [0.15, 0.2) is 0 Å². The standard InChI is InChI=1S/C25H17ClFNO4/c26-17-4-8-19(9-5-17)28-22(14-1-6-18(27)7-2-14)21(24(30)25(28)31)23(29)16-3-10-20-15(13-16)11-12-32-20/h1-10,13,22,29H,11-12H2/b23-21-. The molecule has 2 aliphatic heterocycles. The van der Waals surface area contributed by atoms with Crippen molar-refractivity contribution in [2.45, 2.75) is 12.5 Å². The van der Waals surface area contributed by atoms with Crippen LogP contribution in [0.5, 0.6) is 5.75 Å². The first-order chi connectivity index (χ1) is 15.4. The van der Waals surface area contributed by atoms with E-state index in [4.69, 9.17) is 16.3 Å². The van der Waals surface area contributed by atoms with E-state index in [-0.39, 0.29) is 11.3 Å². The van der Waals surface area contributed by atoms with Crippen LogP contribution in [0.3, 0.4) is 0 Å². The number of amides is 1. The number of anilines is 1. The van der Waals surface area contributed by atoms with Crippen LogP contribution in [0.2, 0.25) is 5.02 Å². The lowest BCUT2D eigenvalue weighted by Gasteiger charge is -2.25. The van der Waals surface area contributed by atoms with Crippen LogP contribution in [0.1, 0.15) is 22.7 Å². The average molecular weight is 450 g/mol. The Kier molecular flexibility index (Phi) is 4.94. The molecule has 1 N–H and O–H groups in total. The van der Waals surface area contributed by atoms with Gasteiger partial charge in [-0.2, -0.15) is 0 Å². The Labute approximate surface area is 188 Å². The molecule has 3 aromatic rings. The second kappa shape index (κ2) is 7.80. The van der Waals surface area contributed by atoms with Crippen LogP contribution in [0.4, 0.5) is 10.1 Å². The van der Waals surface area contributed by atoms with Crippen molar-refractivity contribution in [1.82, 2.24) is 0 Å². The Morgan fingerprint density at radius 1 is 1.03 bits per heavy atom. The van der Waals surface area contributed by atoms with E-state index in [0.29, 0.717) is 34.9 Å². The number of halogens is 2. The zero-order valence-electron chi connectivity index (χ0n) is 16.7. The number of nitrogens with zero attached hydrogens (tertiary/aromatic N) is 1. The van der Waals surface area contributed by atoms with Gasteiger partial charge in [-0.05, 0) is 65.7 Å². The minimum atomic E-state index is -0.929. The lowest BCUT2D eigenvalue weighted by atomic mass is 9.94. The van der Waals surface area contributed by atoms with Crippen molar-refractivity contribution in [2.75, 3.05) is 11.5 Å². The third-order valence-electron chi connectivity index (χ3n) is 5.70. The van der Waals surface area contributed by atoms with Gasteiger partial charge >= 0.3 is 0 Å². The van der Waals surface area contributed by atoms with Crippen LogP contribution < -0.4 is 9.64 Å². The van der Waals surface area contributed by atoms with E-state index in [1.165, 1.54) is 29.2 Å². The van der Waals surface area contributed by atoms with Crippen LogP contribution in [0.15, 0.2) is 72.3 Å². The van der Waals surface area contributed by atoms with Crippen molar-refractivity contribution < 1.29 is 23.8 Å². The molecular weight excluding hydrogens is 433 g/mol. The summed E-state index contributed by atoms with van der Waals surface area (Å²) in [6.45, 7) is 0.552. The largest absolute Gasteiger partial charge is 0.507 e. The van der Waals surface area contributed by atoms with Crippen molar-refractivity contribution in [1.29, 1.82) is 0 Å². The van der Waals surface area contributed by atoms with Gasteiger partial charge in [-0.15, -0.1) is 0 Å². The first kappa shape index (κ1) is 20.3. The number of fused-ring (bicyclic) bond motifs is 1.